The van der Waals surface area contributed by atoms with Gasteiger partial charge in [0.05, 0.1) is 22.1 Å². The van der Waals surface area contributed by atoms with E-state index in [2.05, 4.69) is 176 Å². The van der Waals surface area contributed by atoms with Crippen LogP contribution in [-0.2, 0) is 12.8 Å². The summed E-state index contributed by atoms with van der Waals surface area (Å²) in [5, 5.41) is 5.26. The number of fused-ring (bicyclic) bond motifs is 6. The Bertz CT molecular complexity index is 2320. The van der Waals surface area contributed by atoms with Crippen LogP contribution in [-0.4, -0.2) is 9.13 Å². The van der Waals surface area contributed by atoms with Gasteiger partial charge in [0, 0.05) is 41.9 Å². The lowest BCUT2D eigenvalue weighted by Crippen LogP contribution is -1.95. The zero-order chi connectivity index (χ0) is 35.6. The number of aromatic nitrogens is 2. The van der Waals surface area contributed by atoms with E-state index in [4.69, 9.17) is 0 Å². The van der Waals surface area contributed by atoms with Crippen LogP contribution in [0.25, 0.3) is 66.1 Å². The van der Waals surface area contributed by atoms with Crippen LogP contribution in [0.5, 0.6) is 0 Å². The maximum Gasteiger partial charge on any atom is 0.0552 e. The third kappa shape index (κ3) is 6.88. The predicted octanol–water partition coefficient (Wildman–Crippen LogP) is 15.3. The van der Waals surface area contributed by atoms with Gasteiger partial charge in [-0.05, 0) is 121 Å². The summed E-state index contributed by atoms with van der Waals surface area (Å²) in [6.07, 6.45) is 12.6. The number of hydrogen-bond acceptors (Lipinski definition) is 0. The Kier molecular flexibility index (Phi) is 10.4. The summed E-state index contributed by atoms with van der Waals surface area (Å²) < 4.78 is 7.03. The molecule has 0 amide bonds. The van der Waals surface area contributed by atoms with E-state index in [0.717, 1.165) is 21.8 Å². The summed E-state index contributed by atoms with van der Waals surface area (Å²) in [6.45, 7) is 4.55. The summed E-state index contributed by atoms with van der Waals surface area (Å²) >= 11 is 7.50. The van der Waals surface area contributed by atoms with Crippen molar-refractivity contribution in [3.05, 3.63) is 141 Å². The van der Waals surface area contributed by atoms with Crippen molar-refractivity contribution in [2.24, 2.45) is 0 Å². The van der Waals surface area contributed by atoms with E-state index in [-0.39, 0.29) is 0 Å². The molecule has 0 atom stereocenters. The van der Waals surface area contributed by atoms with Crippen molar-refractivity contribution in [2.45, 2.75) is 78.1 Å². The minimum Gasteiger partial charge on any atom is -0.309 e. The van der Waals surface area contributed by atoms with Gasteiger partial charge in [-0.2, -0.15) is 0 Å². The van der Waals surface area contributed by atoms with Gasteiger partial charge in [0.2, 0.25) is 0 Å². The fourth-order valence-electron chi connectivity index (χ4n) is 8.07. The topological polar surface area (TPSA) is 9.86 Å². The van der Waals surface area contributed by atoms with Crippen LogP contribution >= 0.6 is 31.9 Å². The molecule has 4 heteroatoms. The van der Waals surface area contributed by atoms with Crippen molar-refractivity contribution >= 4 is 75.5 Å². The molecule has 0 aliphatic carbocycles. The van der Waals surface area contributed by atoms with Crippen molar-refractivity contribution in [3.63, 3.8) is 0 Å². The number of benzene rings is 6. The molecule has 2 heterocycles. The van der Waals surface area contributed by atoms with Crippen molar-refractivity contribution in [3.8, 4) is 22.5 Å². The van der Waals surface area contributed by atoms with Crippen molar-refractivity contribution < 1.29 is 0 Å². The van der Waals surface area contributed by atoms with Gasteiger partial charge in [-0.25, -0.2) is 0 Å². The lowest BCUT2D eigenvalue weighted by atomic mass is 10.0. The highest BCUT2D eigenvalue weighted by molar-refractivity contribution is 9.10. The molecule has 262 valence electrons. The number of halogens is 2. The predicted molar refractivity (Wildman–Crippen MR) is 232 cm³/mol. The number of hydrogen-bond donors (Lipinski definition) is 0. The molecule has 0 radical (unpaired) electrons. The monoisotopic (exact) mass is 808 g/mol. The zero-order valence-corrected chi connectivity index (χ0v) is 33.4. The fourth-order valence-corrected chi connectivity index (χ4v) is 8.77. The molecule has 2 aromatic heterocycles. The SMILES string of the molecule is CCCCCCc1ccc2c(c1)c1ccc(Br)cc1n2-c1ccc(-c2ccc(-n3c4ccc(CCCCCC)cc4c4ccc(Br)cc43)cc2)cc1. The van der Waals surface area contributed by atoms with Gasteiger partial charge in [0.25, 0.3) is 0 Å². The minimum atomic E-state index is 1.10. The number of nitrogens with zero attached hydrogens (tertiary/aromatic N) is 2. The van der Waals surface area contributed by atoms with Crippen LogP contribution in [0.3, 0.4) is 0 Å². The first kappa shape index (κ1) is 34.9. The second-order valence-electron chi connectivity index (χ2n) is 14.4. The molecule has 0 bridgehead atoms. The van der Waals surface area contributed by atoms with Gasteiger partial charge in [0.15, 0.2) is 0 Å². The summed E-state index contributed by atoms with van der Waals surface area (Å²) in [5.41, 5.74) is 12.6. The Morgan fingerprint density at radius 3 is 1.21 bits per heavy atom. The minimum absolute atomic E-state index is 1.10. The van der Waals surface area contributed by atoms with E-state index < -0.39 is 0 Å². The third-order valence-electron chi connectivity index (χ3n) is 10.8. The first-order valence-corrected chi connectivity index (χ1v) is 20.8. The second kappa shape index (κ2) is 15.5. The van der Waals surface area contributed by atoms with E-state index >= 15 is 0 Å². The van der Waals surface area contributed by atoms with Crippen LogP contribution in [0.1, 0.15) is 76.3 Å². The van der Waals surface area contributed by atoms with Crippen molar-refractivity contribution in [2.75, 3.05) is 0 Å². The van der Waals surface area contributed by atoms with Crippen LogP contribution in [0.15, 0.2) is 130 Å². The summed E-state index contributed by atoms with van der Waals surface area (Å²) in [6, 6.07) is 45.7. The Morgan fingerprint density at radius 1 is 0.385 bits per heavy atom. The molecule has 6 aromatic carbocycles. The van der Waals surface area contributed by atoms with E-state index in [1.165, 1.54) is 129 Å². The Morgan fingerprint density at radius 2 is 0.808 bits per heavy atom. The van der Waals surface area contributed by atoms with Gasteiger partial charge in [-0.1, -0.05) is 133 Å². The molecule has 0 aliphatic heterocycles. The van der Waals surface area contributed by atoms with Crippen LogP contribution in [0, 0.1) is 0 Å². The second-order valence-corrected chi connectivity index (χ2v) is 16.2. The number of unbranched alkanes of at least 4 members (excludes halogenated alkanes) is 6. The molecule has 0 fully saturated rings. The van der Waals surface area contributed by atoms with Crippen LogP contribution < -0.4 is 0 Å². The molecule has 0 unspecified atom stereocenters. The van der Waals surface area contributed by atoms with Gasteiger partial charge in [-0.3, -0.25) is 0 Å². The number of aryl methyl sites for hydroxylation is 2. The molecule has 8 rings (SSSR count). The molecule has 0 saturated carbocycles. The quantitative estimate of drug-likeness (QED) is 0.103. The zero-order valence-electron chi connectivity index (χ0n) is 30.3. The van der Waals surface area contributed by atoms with E-state index in [0.29, 0.717) is 0 Å². The molecule has 0 spiro atoms. The highest BCUT2D eigenvalue weighted by atomic mass is 79.9. The van der Waals surface area contributed by atoms with E-state index in [9.17, 15) is 0 Å². The Balaban J connectivity index is 1.10. The Hall–Kier alpha value is -4.12. The highest BCUT2D eigenvalue weighted by Crippen LogP contribution is 2.37. The molecule has 8 aromatic rings. The maximum atomic E-state index is 3.75. The molecule has 0 N–H and O–H groups in total. The summed E-state index contributed by atoms with van der Waals surface area (Å²) in [7, 11) is 0. The largest absolute Gasteiger partial charge is 0.309 e. The average molecular weight is 811 g/mol. The standard InChI is InChI=1S/C48H46Br2N2/c1-3-5-7-9-11-33-13-27-45-43(29-33)41-25-19-37(49)31-47(41)51(45)39-21-15-35(16-22-39)36-17-23-40(24-18-36)52-46-28-14-34(12-10-8-6-4-2)30-44(46)42-26-20-38(50)32-48(42)52/h13-32H,3-12H2,1-2H3. The average Bonchev–Trinajstić information content (AvgIpc) is 3.66. The first-order valence-electron chi connectivity index (χ1n) is 19.2. The van der Waals surface area contributed by atoms with Crippen molar-refractivity contribution in [1.82, 2.24) is 9.13 Å². The molecule has 0 saturated heterocycles. The summed E-state index contributed by atoms with van der Waals surface area (Å²) in [5.74, 6) is 0. The molecule has 2 nitrogen and oxygen atoms in total. The van der Waals surface area contributed by atoms with Gasteiger partial charge < -0.3 is 9.13 Å². The van der Waals surface area contributed by atoms with Crippen molar-refractivity contribution in [1.29, 1.82) is 0 Å². The first-order chi connectivity index (χ1) is 25.5. The number of rotatable bonds is 13. The normalized spacial score (nSPS) is 11.8. The lowest BCUT2D eigenvalue weighted by Gasteiger charge is -2.12. The fraction of sp³-hybridized carbons (Fsp3) is 0.250. The van der Waals surface area contributed by atoms with Crippen LogP contribution in [0.4, 0.5) is 0 Å². The smallest absolute Gasteiger partial charge is 0.0552 e. The molecule has 52 heavy (non-hydrogen) atoms. The maximum absolute atomic E-state index is 3.75. The Labute approximate surface area is 324 Å². The van der Waals surface area contributed by atoms with E-state index in [1.807, 2.05) is 0 Å². The molecular weight excluding hydrogens is 764 g/mol. The van der Waals surface area contributed by atoms with Gasteiger partial charge in [-0.15, -0.1) is 0 Å². The van der Waals surface area contributed by atoms with Gasteiger partial charge in [0.1, 0.15) is 0 Å². The van der Waals surface area contributed by atoms with E-state index in [1.54, 1.807) is 0 Å². The summed E-state index contributed by atoms with van der Waals surface area (Å²) in [4.78, 5) is 0. The lowest BCUT2D eigenvalue weighted by molar-refractivity contribution is 0.667. The van der Waals surface area contributed by atoms with Gasteiger partial charge >= 0.3 is 0 Å². The highest BCUT2D eigenvalue weighted by Gasteiger charge is 2.16. The van der Waals surface area contributed by atoms with Crippen LogP contribution in [0.2, 0.25) is 0 Å². The molecule has 0 aliphatic rings. The third-order valence-corrected chi connectivity index (χ3v) is 11.8. The molecular formula is C48H46Br2N2.